The Bertz CT molecular complexity index is 306. The van der Waals surface area contributed by atoms with Gasteiger partial charge in [0.2, 0.25) is 10.0 Å². The highest BCUT2D eigenvalue weighted by atomic mass is 35.5. The van der Waals surface area contributed by atoms with Crippen LogP contribution in [0.2, 0.25) is 0 Å². The molecule has 2 unspecified atom stereocenters. The van der Waals surface area contributed by atoms with Crippen LogP contribution in [0.15, 0.2) is 12.7 Å². The molecule has 0 bridgehead atoms. The van der Waals surface area contributed by atoms with Gasteiger partial charge >= 0.3 is 0 Å². The van der Waals surface area contributed by atoms with E-state index in [-0.39, 0.29) is 24.2 Å². The minimum atomic E-state index is -3.15. The van der Waals surface area contributed by atoms with Gasteiger partial charge in [-0.05, 0) is 31.7 Å². The third kappa shape index (κ3) is 4.82. The van der Waals surface area contributed by atoms with Gasteiger partial charge in [-0.2, -0.15) is 0 Å². The molecule has 0 amide bonds. The average Bonchev–Trinajstić information content (AvgIpc) is 2.61. The summed E-state index contributed by atoms with van der Waals surface area (Å²) in [7, 11) is -3.15. The lowest BCUT2D eigenvalue weighted by molar-refractivity contribution is 0.453. The van der Waals surface area contributed by atoms with Crippen LogP contribution in [-0.4, -0.2) is 26.8 Å². The van der Waals surface area contributed by atoms with E-state index in [1.54, 1.807) is 6.08 Å². The summed E-state index contributed by atoms with van der Waals surface area (Å²) in [4.78, 5) is 0. The van der Waals surface area contributed by atoms with E-state index in [4.69, 9.17) is 5.73 Å². The first-order valence-corrected chi connectivity index (χ1v) is 7.05. The number of nitrogens with two attached hydrogens (primary N) is 1. The maximum absolute atomic E-state index is 11.6. The van der Waals surface area contributed by atoms with Gasteiger partial charge in [-0.15, -0.1) is 19.0 Å². The van der Waals surface area contributed by atoms with Crippen LogP contribution in [0.3, 0.4) is 0 Å². The van der Waals surface area contributed by atoms with Crippen LogP contribution in [-0.2, 0) is 10.0 Å². The molecular weight excluding hydrogens is 248 g/mol. The van der Waals surface area contributed by atoms with Crippen LogP contribution in [0, 0.1) is 5.92 Å². The molecule has 96 valence electrons. The highest BCUT2D eigenvalue weighted by Gasteiger charge is 2.29. The fourth-order valence-corrected chi connectivity index (χ4v) is 3.37. The average molecular weight is 269 g/mol. The Morgan fingerprint density at radius 3 is 2.69 bits per heavy atom. The molecule has 1 fully saturated rings. The maximum atomic E-state index is 11.6. The van der Waals surface area contributed by atoms with Crippen molar-refractivity contribution in [1.29, 1.82) is 0 Å². The van der Waals surface area contributed by atoms with Crippen LogP contribution in [0.4, 0.5) is 0 Å². The monoisotopic (exact) mass is 268 g/mol. The van der Waals surface area contributed by atoms with E-state index in [1.807, 2.05) is 0 Å². The summed E-state index contributed by atoms with van der Waals surface area (Å²) in [6.07, 6.45) is 5.13. The second-order valence-electron chi connectivity index (χ2n) is 4.05. The number of rotatable bonds is 6. The van der Waals surface area contributed by atoms with Crippen molar-refractivity contribution in [1.82, 2.24) is 4.72 Å². The van der Waals surface area contributed by atoms with Crippen molar-refractivity contribution < 1.29 is 8.42 Å². The quantitative estimate of drug-likeness (QED) is 0.707. The lowest BCUT2D eigenvalue weighted by Crippen LogP contribution is -2.40. The van der Waals surface area contributed by atoms with Crippen molar-refractivity contribution in [3.05, 3.63) is 12.7 Å². The highest BCUT2D eigenvalue weighted by molar-refractivity contribution is 7.89. The van der Waals surface area contributed by atoms with E-state index in [1.165, 1.54) is 0 Å². The summed E-state index contributed by atoms with van der Waals surface area (Å²) in [6.45, 7) is 4.08. The van der Waals surface area contributed by atoms with Crippen molar-refractivity contribution in [2.24, 2.45) is 11.7 Å². The lowest BCUT2D eigenvalue weighted by atomic mass is 10.1. The fraction of sp³-hybridized carbons (Fsp3) is 0.800. The Hall–Kier alpha value is -0.100. The summed E-state index contributed by atoms with van der Waals surface area (Å²) in [5.74, 6) is 0.438. The molecular formula is C10H21ClN2O2S. The number of allylic oxidation sites excluding steroid dienone is 1. The Morgan fingerprint density at radius 1 is 1.44 bits per heavy atom. The zero-order valence-electron chi connectivity index (χ0n) is 9.39. The van der Waals surface area contributed by atoms with Crippen LogP contribution in [0.5, 0.6) is 0 Å². The Morgan fingerprint density at radius 2 is 2.12 bits per heavy atom. The molecule has 1 rings (SSSR count). The zero-order valence-corrected chi connectivity index (χ0v) is 11.0. The predicted octanol–water partition coefficient (Wildman–Crippen LogP) is 1.03. The molecule has 1 aliphatic rings. The fourth-order valence-electron chi connectivity index (χ4n) is 2.00. The molecule has 0 saturated heterocycles. The molecule has 16 heavy (non-hydrogen) atoms. The van der Waals surface area contributed by atoms with E-state index < -0.39 is 10.0 Å². The highest BCUT2D eigenvalue weighted by Crippen LogP contribution is 2.25. The van der Waals surface area contributed by atoms with E-state index in [0.717, 1.165) is 19.3 Å². The third-order valence-electron chi connectivity index (χ3n) is 2.88. The summed E-state index contributed by atoms with van der Waals surface area (Å²) in [5, 5.41) is 0. The topological polar surface area (TPSA) is 72.2 Å². The molecule has 0 heterocycles. The molecule has 3 N–H and O–H groups in total. The van der Waals surface area contributed by atoms with Gasteiger partial charge in [-0.3, -0.25) is 0 Å². The van der Waals surface area contributed by atoms with E-state index in [0.29, 0.717) is 18.9 Å². The van der Waals surface area contributed by atoms with Gasteiger partial charge in [0, 0.05) is 6.04 Å². The first-order valence-electron chi connectivity index (χ1n) is 5.40. The molecule has 0 radical (unpaired) electrons. The van der Waals surface area contributed by atoms with Crippen LogP contribution >= 0.6 is 12.4 Å². The number of halogens is 1. The van der Waals surface area contributed by atoms with Gasteiger partial charge in [0.25, 0.3) is 0 Å². The number of hydrogen-bond donors (Lipinski definition) is 2. The molecule has 1 saturated carbocycles. The minimum Gasteiger partial charge on any atom is -0.330 e. The van der Waals surface area contributed by atoms with Gasteiger partial charge in [-0.1, -0.05) is 12.5 Å². The summed E-state index contributed by atoms with van der Waals surface area (Å²) in [6, 6.07) is 0.0461. The lowest BCUT2D eigenvalue weighted by Gasteiger charge is -2.19. The van der Waals surface area contributed by atoms with E-state index >= 15 is 0 Å². The van der Waals surface area contributed by atoms with Crippen molar-refractivity contribution in [3.8, 4) is 0 Å². The van der Waals surface area contributed by atoms with E-state index in [2.05, 4.69) is 11.3 Å². The number of nitrogens with one attached hydrogen (secondary N) is 1. The zero-order chi connectivity index (χ0) is 11.3. The minimum absolute atomic E-state index is 0. The molecule has 6 heteroatoms. The normalized spacial score (nSPS) is 25.1. The molecule has 0 spiro atoms. The van der Waals surface area contributed by atoms with Crippen molar-refractivity contribution in [2.75, 3.05) is 12.3 Å². The molecule has 0 aliphatic heterocycles. The second-order valence-corrected chi connectivity index (χ2v) is 5.92. The molecule has 1 aliphatic carbocycles. The van der Waals surface area contributed by atoms with Crippen molar-refractivity contribution >= 4 is 22.4 Å². The van der Waals surface area contributed by atoms with Crippen LogP contribution < -0.4 is 10.5 Å². The van der Waals surface area contributed by atoms with Crippen molar-refractivity contribution in [2.45, 2.75) is 31.7 Å². The Kier molecular flexibility index (Phi) is 7.22. The summed E-state index contributed by atoms with van der Waals surface area (Å²) >= 11 is 0. The van der Waals surface area contributed by atoms with E-state index in [9.17, 15) is 8.42 Å². The Labute approximate surface area is 104 Å². The van der Waals surface area contributed by atoms with Gasteiger partial charge in [0.15, 0.2) is 0 Å². The standard InChI is InChI=1S/C10H20N2O2S.ClH/c1-2-3-7-15(13,14)12-10-6-4-5-9(10)8-11;/h2,9-10,12H,1,3-8,11H2;1H. The molecule has 0 aromatic carbocycles. The largest absolute Gasteiger partial charge is 0.330 e. The van der Waals surface area contributed by atoms with Gasteiger partial charge < -0.3 is 5.73 Å². The van der Waals surface area contributed by atoms with Gasteiger partial charge in [0.1, 0.15) is 0 Å². The first kappa shape index (κ1) is 15.9. The first-order chi connectivity index (χ1) is 7.09. The van der Waals surface area contributed by atoms with Gasteiger partial charge in [0.05, 0.1) is 5.75 Å². The second kappa shape index (κ2) is 7.27. The van der Waals surface area contributed by atoms with Gasteiger partial charge in [-0.25, -0.2) is 13.1 Å². The van der Waals surface area contributed by atoms with Crippen LogP contribution in [0.1, 0.15) is 25.7 Å². The third-order valence-corrected chi connectivity index (χ3v) is 4.32. The Balaban J connectivity index is 0.00000225. The smallest absolute Gasteiger partial charge is 0.212 e. The summed E-state index contributed by atoms with van der Waals surface area (Å²) < 4.78 is 25.9. The molecule has 4 nitrogen and oxygen atoms in total. The number of hydrogen-bond acceptors (Lipinski definition) is 3. The maximum Gasteiger partial charge on any atom is 0.212 e. The molecule has 2 atom stereocenters. The summed E-state index contributed by atoms with van der Waals surface area (Å²) in [5.41, 5.74) is 5.59. The van der Waals surface area contributed by atoms with Crippen molar-refractivity contribution in [3.63, 3.8) is 0 Å². The predicted molar refractivity (Wildman–Crippen MR) is 69.2 cm³/mol. The SMILES string of the molecule is C=CCCS(=O)(=O)NC1CCCC1CN.Cl. The molecule has 0 aromatic rings. The molecule has 0 aromatic heterocycles. The number of sulfonamides is 1. The van der Waals surface area contributed by atoms with Crippen LogP contribution in [0.25, 0.3) is 0 Å².